The van der Waals surface area contributed by atoms with Crippen LogP contribution in [0.1, 0.15) is 53.9 Å². The molecule has 2 atom stereocenters. The predicted molar refractivity (Wildman–Crippen MR) is 55.6 cm³/mol. The van der Waals surface area contributed by atoms with Crippen LogP contribution in [0.5, 0.6) is 0 Å². The van der Waals surface area contributed by atoms with Crippen molar-refractivity contribution in [3.05, 3.63) is 0 Å². The SMILES string of the molecule is CCCC(O)C(C)(CC)C(C)(C)O. The third kappa shape index (κ3) is 2.68. The summed E-state index contributed by atoms with van der Waals surface area (Å²) >= 11 is 0. The van der Waals surface area contributed by atoms with Gasteiger partial charge < -0.3 is 10.2 Å². The molecule has 13 heavy (non-hydrogen) atoms. The quantitative estimate of drug-likeness (QED) is 0.695. The van der Waals surface area contributed by atoms with E-state index in [1.807, 2.05) is 20.8 Å². The maximum atomic E-state index is 9.97. The van der Waals surface area contributed by atoms with Gasteiger partial charge >= 0.3 is 0 Å². The maximum absolute atomic E-state index is 9.97. The van der Waals surface area contributed by atoms with Crippen molar-refractivity contribution in [3.8, 4) is 0 Å². The number of hydrogen-bond acceptors (Lipinski definition) is 2. The van der Waals surface area contributed by atoms with Crippen LogP contribution in [0.4, 0.5) is 0 Å². The maximum Gasteiger partial charge on any atom is 0.0669 e. The highest BCUT2D eigenvalue weighted by molar-refractivity contribution is 4.93. The Morgan fingerprint density at radius 3 is 1.85 bits per heavy atom. The molecule has 0 saturated heterocycles. The van der Waals surface area contributed by atoms with Gasteiger partial charge in [-0.25, -0.2) is 0 Å². The summed E-state index contributed by atoms with van der Waals surface area (Å²) in [5, 5.41) is 19.9. The topological polar surface area (TPSA) is 40.5 Å². The summed E-state index contributed by atoms with van der Waals surface area (Å²) in [5.74, 6) is 0. The first kappa shape index (κ1) is 12.9. The second kappa shape index (κ2) is 4.43. The van der Waals surface area contributed by atoms with Crippen LogP contribution in [0.15, 0.2) is 0 Å². The molecule has 0 radical (unpaired) electrons. The van der Waals surface area contributed by atoms with E-state index in [1.165, 1.54) is 0 Å². The summed E-state index contributed by atoms with van der Waals surface area (Å²) in [6.07, 6.45) is 2.08. The van der Waals surface area contributed by atoms with Crippen molar-refractivity contribution in [1.82, 2.24) is 0 Å². The molecule has 0 saturated carbocycles. The fraction of sp³-hybridized carbons (Fsp3) is 1.00. The predicted octanol–water partition coefficient (Wildman–Crippen LogP) is 2.33. The second-order valence-electron chi connectivity index (χ2n) is 4.63. The van der Waals surface area contributed by atoms with Gasteiger partial charge in [-0.15, -0.1) is 0 Å². The number of hydrogen-bond donors (Lipinski definition) is 2. The summed E-state index contributed by atoms with van der Waals surface area (Å²) in [4.78, 5) is 0. The molecule has 0 aromatic heterocycles. The summed E-state index contributed by atoms with van der Waals surface area (Å²) in [7, 11) is 0. The Morgan fingerprint density at radius 2 is 1.62 bits per heavy atom. The highest BCUT2D eigenvalue weighted by Crippen LogP contribution is 2.39. The van der Waals surface area contributed by atoms with E-state index in [0.717, 1.165) is 19.3 Å². The summed E-state index contributed by atoms with van der Waals surface area (Å²) in [5.41, 5.74) is -1.22. The van der Waals surface area contributed by atoms with Crippen molar-refractivity contribution in [2.24, 2.45) is 5.41 Å². The van der Waals surface area contributed by atoms with Gasteiger partial charge in [0.05, 0.1) is 11.7 Å². The normalized spacial score (nSPS) is 19.6. The molecule has 0 fully saturated rings. The van der Waals surface area contributed by atoms with E-state index in [4.69, 9.17) is 0 Å². The van der Waals surface area contributed by atoms with Crippen LogP contribution in [-0.2, 0) is 0 Å². The fourth-order valence-corrected chi connectivity index (χ4v) is 1.67. The standard InChI is InChI=1S/C11H24O2/c1-6-8-9(12)11(5,7-2)10(3,4)13/h9,12-13H,6-8H2,1-5H3. The van der Waals surface area contributed by atoms with Gasteiger partial charge in [0.1, 0.15) is 0 Å². The molecule has 2 heteroatoms. The number of rotatable bonds is 5. The van der Waals surface area contributed by atoms with E-state index in [9.17, 15) is 10.2 Å². The molecule has 0 heterocycles. The summed E-state index contributed by atoms with van der Waals surface area (Å²) in [6, 6.07) is 0. The molecule has 0 aliphatic rings. The molecule has 0 amide bonds. The van der Waals surface area contributed by atoms with Crippen LogP contribution in [0.2, 0.25) is 0 Å². The third-order valence-electron chi connectivity index (χ3n) is 3.43. The van der Waals surface area contributed by atoms with E-state index in [2.05, 4.69) is 0 Å². The molecule has 0 bridgehead atoms. The zero-order chi connectivity index (χ0) is 10.7. The lowest BCUT2D eigenvalue weighted by molar-refractivity contribution is -0.118. The third-order valence-corrected chi connectivity index (χ3v) is 3.43. The van der Waals surface area contributed by atoms with Gasteiger partial charge in [0.25, 0.3) is 0 Å². The molecular formula is C11H24O2. The van der Waals surface area contributed by atoms with Crippen molar-refractivity contribution < 1.29 is 10.2 Å². The molecule has 80 valence electrons. The van der Waals surface area contributed by atoms with Crippen LogP contribution in [0.25, 0.3) is 0 Å². The van der Waals surface area contributed by atoms with Gasteiger partial charge in [-0.1, -0.05) is 27.2 Å². The molecule has 0 aromatic carbocycles. The Labute approximate surface area is 82.0 Å². The molecule has 2 nitrogen and oxygen atoms in total. The van der Waals surface area contributed by atoms with Gasteiger partial charge in [-0.2, -0.15) is 0 Å². The lowest BCUT2D eigenvalue weighted by atomic mass is 9.68. The van der Waals surface area contributed by atoms with E-state index >= 15 is 0 Å². The molecule has 0 spiro atoms. The highest BCUT2D eigenvalue weighted by atomic mass is 16.3. The van der Waals surface area contributed by atoms with Crippen molar-refractivity contribution in [2.45, 2.75) is 65.6 Å². The molecule has 0 aliphatic carbocycles. The van der Waals surface area contributed by atoms with Gasteiger partial charge in [-0.3, -0.25) is 0 Å². The van der Waals surface area contributed by atoms with Crippen molar-refractivity contribution in [2.75, 3.05) is 0 Å². The molecule has 2 N–H and O–H groups in total. The highest BCUT2D eigenvalue weighted by Gasteiger charge is 2.43. The minimum absolute atomic E-state index is 0.400. The molecular weight excluding hydrogens is 164 g/mol. The van der Waals surface area contributed by atoms with E-state index < -0.39 is 17.1 Å². The van der Waals surface area contributed by atoms with Gasteiger partial charge in [0.15, 0.2) is 0 Å². The Hall–Kier alpha value is -0.0800. The van der Waals surface area contributed by atoms with Gasteiger partial charge in [0.2, 0.25) is 0 Å². The van der Waals surface area contributed by atoms with Crippen molar-refractivity contribution in [3.63, 3.8) is 0 Å². The zero-order valence-corrected chi connectivity index (χ0v) is 9.59. The van der Waals surface area contributed by atoms with Crippen LogP contribution in [-0.4, -0.2) is 21.9 Å². The smallest absolute Gasteiger partial charge is 0.0669 e. The van der Waals surface area contributed by atoms with Crippen molar-refractivity contribution in [1.29, 1.82) is 0 Å². The van der Waals surface area contributed by atoms with Crippen LogP contribution >= 0.6 is 0 Å². The first-order chi connectivity index (χ1) is 5.79. The minimum Gasteiger partial charge on any atom is -0.392 e. The molecule has 0 aromatic rings. The average molecular weight is 188 g/mol. The van der Waals surface area contributed by atoms with Crippen LogP contribution in [0.3, 0.4) is 0 Å². The first-order valence-corrected chi connectivity index (χ1v) is 5.20. The lowest BCUT2D eigenvalue weighted by Gasteiger charge is -2.43. The Kier molecular flexibility index (Phi) is 4.40. The lowest BCUT2D eigenvalue weighted by Crippen LogP contribution is -2.49. The summed E-state index contributed by atoms with van der Waals surface area (Å²) < 4.78 is 0. The Balaban J connectivity index is 4.62. The first-order valence-electron chi connectivity index (χ1n) is 5.20. The largest absolute Gasteiger partial charge is 0.392 e. The van der Waals surface area contributed by atoms with Crippen LogP contribution in [0, 0.1) is 5.41 Å². The Morgan fingerprint density at radius 1 is 1.15 bits per heavy atom. The fourth-order valence-electron chi connectivity index (χ4n) is 1.67. The van der Waals surface area contributed by atoms with E-state index in [-0.39, 0.29) is 0 Å². The van der Waals surface area contributed by atoms with Crippen LogP contribution < -0.4 is 0 Å². The molecule has 0 rings (SSSR count). The number of aliphatic hydroxyl groups excluding tert-OH is 1. The number of aliphatic hydroxyl groups is 2. The molecule has 0 aliphatic heterocycles. The zero-order valence-electron chi connectivity index (χ0n) is 9.59. The Bertz CT molecular complexity index is 149. The van der Waals surface area contributed by atoms with Gasteiger partial charge in [-0.05, 0) is 26.7 Å². The van der Waals surface area contributed by atoms with Crippen molar-refractivity contribution >= 4 is 0 Å². The summed E-state index contributed by atoms with van der Waals surface area (Å²) in [6.45, 7) is 9.55. The second-order valence-corrected chi connectivity index (χ2v) is 4.63. The minimum atomic E-state index is -0.823. The monoisotopic (exact) mass is 188 g/mol. The molecule has 2 unspecified atom stereocenters. The van der Waals surface area contributed by atoms with Gasteiger partial charge in [0, 0.05) is 5.41 Å². The average Bonchev–Trinajstić information content (AvgIpc) is 2.01. The van der Waals surface area contributed by atoms with E-state index in [1.54, 1.807) is 13.8 Å². The van der Waals surface area contributed by atoms with E-state index in [0.29, 0.717) is 0 Å².